The summed E-state index contributed by atoms with van der Waals surface area (Å²) < 4.78 is 0. The molecule has 1 N–H and O–H groups in total. The number of hydrogen-bond donors (Lipinski definition) is 1. The molecule has 0 spiro atoms. The number of carbonyl (C=O) groups is 2. The molecule has 0 saturated heterocycles. The molecule has 0 fully saturated rings. The van der Waals surface area contributed by atoms with Gasteiger partial charge in [0, 0.05) is 24.4 Å². The van der Waals surface area contributed by atoms with E-state index in [0.29, 0.717) is 23.0 Å². The number of nitrogens with zero attached hydrogens (tertiary/aromatic N) is 1. The van der Waals surface area contributed by atoms with Gasteiger partial charge >= 0.3 is 0 Å². The van der Waals surface area contributed by atoms with Crippen molar-refractivity contribution in [2.45, 2.75) is 44.2 Å². The third-order valence-corrected chi connectivity index (χ3v) is 7.28. The topological polar surface area (TPSA) is 49.4 Å². The summed E-state index contributed by atoms with van der Waals surface area (Å²) in [5.74, 6) is -0.0600. The number of rotatable bonds is 11. The Bertz CT molecular complexity index is 1120. The summed E-state index contributed by atoms with van der Waals surface area (Å²) in [7, 11) is 0. The van der Waals surface area contributed by atoms with Crippen molar-refractivity contribution >= 4 is 46.8 Å². The van der Waals surface area contributed by atoms with Crippen LogP contribution in [-0.4, -0.2) is 35.1 Å². The van der Waals surface area contributed by atoms with Crippen molar-refractivity contribution in [3.8, 4) is 0 Å². The van der Waals surface area contributed by atoms with Crippen LogP contribution in [0.25, 0.3) is 0 Å². The second-order valence-electron chi connectivity index (χ2n) is 8.37. The average Bonchev–Trinajstić information content (AvgIpc) is 2.86. The fourth-order valence-corrected chi connectivity index (χ4v) is 4.72. The standard InChI is InChI=1S/C28H30Cl2N2O2S/c1-3-15-31-28(34)26(17-21-7-5-4-6-8-21)32(18-22-11-14-24(29)25(30)16-22)27(33)19-35-23-12-9-20(2)10-13-23/h4-14,16,26H,3,15,17-19H2,1-2H3,(H,31,34). The minimum Gasteiger partial charge on any atom is -0.354 e. The molecular formula is C28H30Cl2N2O2S. The van der Waals surface area contributed by atoms with Crippen molar-refractivity contribution in [1.29, 1.82) is 0 Å². The van der Waals surface area contributed by atoms with Crippen LogP contribution in [0.1, 0.15) is 30.0 Å². The molecular weight excluding hydrogens is 499 g/mol. The molecule has 0 aliphatic rings. The van der Waals surface area contributed by atoms with Gasteiger partial charge in [-0.05, 0) is 48.7 Å². The number of halogens is 2. The van der Waals surface area contributed by atoms with Gasteiger partial charge in [0.1, 0.15) is 6.04 Å². The first kappa shape index (κ1) is 27.1. The van der Waals surface area contributed by atoms with Gasteiger partial charge in [-0.15, -0.1) is 11.8 Å². The SMILES string of the molecule is CCCNC(=O)C(Cc1ccccc1)N(Cc1ccc(Cl)c(Cl)c1)C(=O)CSc1ccc(C)cc1. The fourth-order valence-electron chi connectivity index (χ4n) is 3.62. The van der Waals surface area contributed by atoms with Crippen molar-refractivity contribution in [3.05, 3.63) is 99.5 Å². The Labute approximate surface area is 222 Å². The van der Waals surface area contributed by atoms with Gasteiger partial charge in [-0.25, -0.2) is 0 Å². The van der Waals surface area contributed by atoms with E-state index in [1.807, 2.05) is 74.5 Å². The van der Waals surface area contributed by atoms with E-state index >= 15 is 0 Å². The van der Waals surface area contributed by atoms with E-state index < -0.39 is 6.04 Å². The first-order valence-electron chi connectivity index (χ1n) is 11.6. The number of benzene rings is 3. The van der Waals surface area contributed by atoms with E-state index in [0.717, 1.165) is 28.0 Å². The Balaban J connectivity index is 1.90. The molecule has 7 heteroatoms. The Morgan fingerprint density at radius 3 is 2.31 bits per heavy atom. The highest BCUT2D eigenvalue weighted by molar-refractivity contribution is 8.00. The van der Waals surface area contributed by atoms with E-state index in [1.54, 1.807) is 17.0 Å². The van der Waals surface area contributed by atoms with Crippen molar-refractivity contribution in [2.75, 3.05) is 12.3 Å². The van der Waals surface area contributed by atoms with Gasteiger partial charge in [-0.1, -0.05) is 84.2 Å². The molecule has 3 aromatic carbocycles. The summed E-state index contributed by atoms with van der Waals surface area (Å²) in [5, 5.41) is 3.85. The first-order chi connectivity index (χ1) is 16.9. The number of aryl methyl sites for hydroxylation is 1. The van der Waals surface area contributed by atoms with E-state index in [1.165, 1.54) is 11.8 Å². The second kappa shape index (κ2) is 13.6. The predicted octanol–water partition coefficient (Wildman–Crippen LogP) is 6.56. The summed E-state index contributed by atoms with van der Waals surface area (Å²) in [5.41, 5.74) is 2.97. The maximum atomic E-state index is 13.6. The van der Waals surface area contributed by atoms with Gasteiger partial charge in [0.25, 0.3) is 0 Å². The monoisotopic (exact) mass is 528 g/mol. The fraction of sp³-hybridized carbons (Fsp3) is 0.286. The zero-order chi connectivity index (χ0) is 25.2. The van der Waals surface area contributed by atoms with Crippen molar-refractivity contribution in [2.24, 2.45) is 0 Å². The Kier molecular flexibility index (Phi) is 10.5. The minimum atomic E-state index is -0.662. The van der Waals surface area contributed by atoms with Gasteiger partial charge in [0.2, 0.25) is 11.8 Å². The third-order valence-electron chi connectivity index (χ3n) is 5.54. The molecule has 0 heterocycles. The average molecular weight is 530 g/mol. The molecule has 0 aliphatic carbocycles. The van der Waals surface area contributed by atoms with Gasteiger partial charge in [-0.2, -0.15) is 0 Å². The first-order valence-corrected chi connectivity index (χ1v) is 13.4. The van der Waals surface area contributed by atoms with E-state index in [4.69, 9.17) is 23.2 Å². The molecule has 0 saturated carbocycles. The van der Waals surface area contributed by atoms with Crippen LogP contribution in [0.5, 0.6) is 0 Å². The molecule has 35 heavy (non-hydrogen) atoms. The van der Waals surface area contributed by atoms with Crippen molar-refractivity contribution in [1.82, 2.24) is 10.2 Å². The van der Waals surface area contributed by atoms with Crippen molar-refractivity contribution < 1.29 is 9.59 Å². The molecule has 1 atom stereocenters. The van der Waals surface area contributed by atoms with Crippen LogP contribution in [0.3, 0.4) is 0 Å². The number of carbonyl (C=O) groups excluding carboxylic acids is 2. The van der Waals surface area contributed by atoms with Crippen molar-refractivity contribution in [3.63, 3.8) is 0 Å². The summed E-state index contributed by atoms with van der Waals surface area (Å²) in [4.78, 5) is 29.6. The molecule has 0 aliphatic heterocycles. The Morgan fingerprint density at radius 1 is 0.943 bits per heavy atom. The molecule has 4 nitrogen and oxygen atoms in total. The lowest BCUT2D eigenvalue weighted by Crippen LogP contribution is -2.51. The summed E-state index contributed by atoms with van der Waals surface area (Å²) >= 11 is 13.8. The van der Waals surface area contributed by atoms with E-state index in [2.05, 4.69) is 5.32 Å². The third kappa shape index (κ3) is 8.31. The van der Waals surface area contributed by atoms with Crippen LogP contribution >= 0.6 is 35.0 Å². The number of nitrogens with one attached hydrogen (secondary N) is 1. The second-order valence-corrected chi connectivity index (χ2v) is 10.2. The number of amides is 2. The largest absolute Gasteiger partial charge is 0.354 e. The van der Waals surface area contributed by atoms with Crippen LogP contribution in [-0.2, 0) is 22.6 Å². The molecule has 1 unspecified atom stereocenters. The molecule has 2 amide bonds. The summed E-state index contributed by atoms with van der Waals surface area (Å²) in [6, 6.07) is 22.5. The van der Waals surface area contributed by atoms with Crippen LogP contribution in [0.15, 0.2) is 77.7 Å². The molecule has 3 rings (SSSR count). The summed E-state index contributed by atoms with van der Waals surface area (Å²) in [6.07, 6.45) is 1.23. The van der Waals surface area contributed by atoms with E-state index in [9.17, 15) is 9.59 Å². The lowest BCUT2D eigenvalue weighted by molar-refractivity contribution is -0.139. The normalized spacial score (nSPS) is 11.7. The molecule has 0 bridgehead atoms. The lowest BCUT2D eigenvalue weighted by atomic mass is 10.0. The molecule has 0 radical (unpaired) electrons. The Hall–Kier alpha value is -2.47. The minimum absolute atomic E-state index is 0.116. The van der Waals surface area contributed by atoms with E-state index in [-0.39, 0.29) is 24.1 Å². The zero-order valence-corrected chi connectivity index (χ0v) is 22.3. The quantitative estimate of drug-likeness (QED) is 0.286. The predicted molar refractivity (Wildman–Crippen MR) is 146 cm³/mol. The van der Waals surface area contributed by atoms with Gasteiger partial charge in [0.05, 0.1) is 15.8 Å². The molecule has 184 valence electrons. The van der Waals surface area contributed by atoms with Gasteiger partial charge in [0.15, 0.2) is 0 Å². The van der Waals surface area contributed by atoms with Crippen LogP contribution < -0.4 is 5.32 Å². The highest BCUT2D eigenvalue weighted by Gasteiger charge is 2.30. The smallest absolute Gasteiger partial charge is 0.243 e. The van der Waals surface area contributed by atoms with Crippen LogP contribution in [0.2, 0.25) is 10.0 Å². The van der Waals surface area contributed by atoms with Gasteiger partial charge < -0.3 is 10.2 Å². The lowest BCUT2D eigenvalue weighted by Gasteiger charge is -2.31. The highest BCUT2D eigenvalue weighted by Crippen LogP contribution is 2.25. The van der Waals surface area contributed by atoms with Crippen LogP contribution in [0, 0.1) is 6.92 Å². The summed E-state index contributed by atoms with van der Waals surface area (Å²) in [6.45, 7) is 4.84. The maximum Gasteiger partial charge on any atom is 0.243 e. The number of thioether (sulfide) groups is 1. The Morgan fingerprint density at radius 2 is 1.66 bits per heavy atom. The molecule has 0 aromatic heterocycles. The van der Waals surface area contributed by atoms with Gasteiger partial charge in [-0.3, -0.25) is 9.59 Å². The highest BCUT2D eigenvalue weighted by atomic mass is 35.5. The maximum absolute atomic E-state index is 13.6. The zero-order valence-electron chi connectivity index (χ0n) is 20.0. The molecule has 3 aromatic rings. The van der Waals surface area contributed by atoms with Crippen LogP contribution in [0.4, 0.5) is 0 Å². The number of hydrogen-bond acceptors (Lipinski definition) is 3.